The van der Waals surface area contributed by atoms with Crippen molar-refractivity contribution in [1.82, 2.24) is 0 Å². The summed E-state index contributed by atoms with van der Waals surface area (Å²) in [6.07, 6.45) is 6.18. The lowest BCUT2D eigenvalue weighted by molar-refractivity contribution is 0.822. The predicted molar refractivity (Wildman–Crippen MR) is 45.5 cm³/mol. The Morgan fingerprint density at radius 3 is 2.00 bits per heavy atom. The molecule has 0 aromatic heterocycles. The summed E-state index contributed by atoms with van der Waals surface area (Å²) in [6.45, 7) is 8.80. The van der Waals surface area contributed by atoms with Crippen LogP contribution in [0, 0.1) is 11.3 Å². The van der Waals surface area contributed by atoms with Crippen LogP contribution >= 0.6 is 0 Å². The van der Waals surface area contributed by atoms with Gasteiger partial charge in [0.1, 0.15) is 0 Å². The molecule has 0 heterocycles. The Balaban J connectivity index is 0. The van der Waals surface area contributed by atoms with E-state index in [4.69, 9.17) is 5.26 Å². The third-order valence-electron chi connectivity index (χ3n) is 0.809. The number of rotatable bonds is 3. The van der Waals surface area contributed by atoms with Crippen LogP contribution in [-0.4, -0.2) is 0 Å². The highest BCUT2D eigenvalue weighted by Gasteiger charge is 1.74. The van der Waals surface area contributed by atoms with Crippen LogP contribution in [0.25, 0.3) is 0 Å². The van der Waals surface area contributed by atoms with Crippen molar-refractivity contribution < 1.29 is 0 Å². The van der Waals surface area contributed by atoms with E-state index in [9.17, 15) is 0 Å². The monoisotopic (exact) mass is 137 g/mol. The third kappa shape index (κ3) is 28.2. The second-order valence-corrected chi connectivity index (χ2v) is 1.73. The first-order chi connectivity index (χ1) is 4.83. The molecule has 10 heavy (non-hydrogen) atoms. The molecule has 0 aliphatic rings. The number of hydrogen-bond acceptors (Lipinski definition) is 1. The minimum Gasteiger partial charge on any atom is -0.198 e. The van der Waals surface area contributed by atoms with Gasteiger partial charge in [0.15, 0.2) is 0 Å². The van der Waals surface area contributed by atoms with Crippen LogP contribution < -0.4 is 0 Å². The van der Waals surface area contributed by atoms with Crippen molar-refractivity contribution in [2.24, 2.45) is 0 Å². The van der Waals surface area contributed by atoms with Gasteiger partial charge in [-0.1, -0.05) is 38.7 Å². The number of unbranched alkanes of at least 4 members (excludes halogenated alkanes) is 2. The van der Waals surface area contributed by atoms with Crippen LogP contribution in [0.15, 0.2) is 25.3 Å². The minimum atomic E-state index is 0.719. The highest BCUT2D eigenvalue weighted by atomic mass is 14.2. The Labute approximate surface area is 63.7 Å². The van der Waals surface area contributed by atoms with Crippen molar-refractivity contribution in [3.63, 3.8) is 0 Å². The first-order valence-corrected chi connectivity index (χ1v) is 3.43. The van der Waals surface area contributed by atoms with Gasteiger partial charge in [0.25, 0.3) is 0 Å². The molecule has 0 saturated carbocycles. The molecule has 0 unspecified atom stereocenters. The quantitative estimate of drug-likeness (QED) is 0.433. The molecule has 0 N–H and O–H groups in total. The van der Waals surface area contributed by atoms with Gasteiger partial charge in [0.05, 0.1) is 6.07 Å². The molecule has 0 saturated heterocycles. The van der Waals surface area contributed by atoms with Gasteiger partial charge >= 0.3 is 0 Å². The summed E-state index contributed by atoms with van der Waals surface area (Å²) in [4.78, 5) is 0. The summed E-state index contributed by atoms with van der Waals surface area (Å²) in [6, 6.07) is 2.07. The van der Waals surface area contributed by atoms with Crippen LogP contribution in [0.5, 0.6) is 0 Å². The molecule has 0 fully saturated rings. The van der Waals surface area contributed by atoms with Gasteiger partial charge in [-0.05, 0) is 6.42 Å². The second-order valence-electron chi connectivity index (χ2n) is 1.73. The molecule has 0 aromatic rings. The molecule has 0 aliphatic heterocycles. The second kappa shape index (κ2) is 15.7. The largest absolute Gasteiger partial charge is 0.198 e. The smallest absolute Gasteiger partial charge is 0.0621 e. The first-order valence-electron chi connectivity index (χ1n) is 3.43. The van der Waals surface area contributed by atoms with Gasteiger partial charge in [-0.3, -0.25) is 0 Å². The topological polar surface area (TPSA) is 23.8 Å². The predicted octanol–water partition coefficient (Wildman–Crippen LogP) is 3.06. The van der Waals surface area contributed by atoms with Gasteiger partial charge in [0, 0.05) is 6.42 Å². The van der Waals surface area contributed by atoms with Crippen molar-refractivity contribution in [3.05, 3.63) is 25.3 Å². The molecule has 1 nitrogen and oxygen atoms in total. The summed E-state index contributed by atoms with van der Waals surface area (Å²) in [5, 5.41) is 7.95. The fraction of sp³-hybridized carbons (Fsp3) is 0.444. The third-order valence-corrected chi connectivity index (χ3v) is 0.809. The summed E-state index contributed by atoms with van der Waals surface area (Å²) in [7, 11) is 0. The van der Waals surface area contributed by atoms with E-state index < -0.39 is 0 Å². The molecule has 0 aromatic carbocycles. The van der Waals surface area contributed by atoms with Crippen molar-refractivity contribution in [2.45, 2.75) is 26.2 Å². The van der Waals surface area contributed by atoms with E-state index in [1.165, 1.54) is 0 Å². The van der Waals surface area contributed by atoms with E-state index in [2.05, 4.69) is 26.2 Å². The van der Waals surface area contributed by atoms with E-state index in [1.54, 1.807) is 12.2 Å². The lowest BCUT2D eigenvalue weighted by Crippen LogP contribution is -1.62. The van der Waals surface area contributed by atoms with E-state index in [0.29, 0.717) is 0 Å². The molecule has 0 atom stereocenters. The summed E-state index contributed by atoms with van der Waals surface area (Å²) in [5.41, 5.74) is 0. The number of hydrogen-bond donors (Lipinski definition) is 0. The van der Waals surface area contributed by atoms with Gasteiger partial charge in [-0.2, -0.15) is 5.26 Å². The van der Waals surface area contributed by atoms with Gasteiger partial charge < -0.3 is 0 Å². The maximum Gasteiger partial charge on any atom is 0.0621 e. The molecular formula is C9H15N. The van der Waals surface area contributed by atoms with E-state index >= 15 is 0 Å². The number of nitrogens with zero attached hydrogens (tertiary/aromatic N) is 1. The number of allylic oxidation sites excluding steroid dienone is 2. The van der Waals surface area contributed by atoms with Gasteiger partial charge in [-0.25, -0.2) is 0 Å². The van der Waals surface area contributed by atoms with Crippen LogP contribution in [0.2, 0.25) is 0 Å². The van der Waals surface area contributed by atoms with Gasteiger partial charge in [-0.15, -0.1) is 0 Å². The zero-order valence-corrected chi connectivity index (χ0v) is 6.64. The SMILES string of the molecule is C=CC=C.CCCCC#N. The molecule has 0 aliphatic carbocycles. The van der Waals surface area contributed by atoms with Gasteiger partial charge in [0.2, 0.25) is 0 Å². The van der Waals surface area contributed by atoms with Crippen LogP contribution in [0.1, 0.15) is 26.2 Å². The molecule has 0 bridgehead atoms. The Morgan fingerprint density at radius 2 is 1.90 bits per heavy atom. The molecule has 0 radical (unpaired) electrons. The van der Waals surface area contributed by atoms with Crippen molar-refractivity contribution in [3.8, 4) is 6.07 Å². The fourth-order valence-corrected chi connectivity index (χ4v) is 0.256. The highest BCUT2D eigenvalue weighted by molar-refractivity contribution is 4.88. The van der Waals surface area contributed by atoms with E-state index in [-0.39, 0.29) is 0 Å². The Hall–Kier alpha value is -1.03. The average Bonchev–Trinajstić information content (AvgIpc) is 2.01. The molecular weight excluding hydrogens is 122 g/mol. The summed E-state index contributed by atoms with van der Waals surface area (Å²) < 4.78 is 0. The first kappa shape index (κ1) is 11.7. The lowest BCUT2D eigenvalue weighted by Gasteiger charge is -1.77. The standard InChI is InChI=1S/C5H9N.C4H6/c1-2-3-4-5-6;1-3-4-2/h2-4H2,1H3;3-4H,1-2H2. The minimum absolute atomic E-state index is 0.719. The van der Waals surface area contributed by atoms with Crippen molar-refractivity contribution >= 4 is 0 Å². The highest BCUT2D eigenvalue weighted by Crippen LogP contribution is 1.88. The maximum atomic E-state index is 7.95. The Bertz CT molecular complexity index is 102. The maximum absolute atomic E-state index is 7.95. The van der Waals surface area contributed by atoms with Crippen molar-refractivity contribution in [2.75, 3.05) is 0 Å². The molecule has 1 heteroatoms. The molecule has 0 amide bonds. The molecule has 0 spiro atoms. The zero-order chi connectivity index (χ0) is 8.24. The summed E-state index contributed by atoms with van der Waals surface area (Å²) in [5.74, 6) is 0. The summed E-state index contributed by atoms with van der Waals surface area (Å²) >= 11 is 0. The van der Waals surface area contributed by atoms with E-state index in [1.807, 2.05) is 0 Å². The number of nitriles is 1. The van der Waals surface area contributed by atoms with E-state index in [0.717, 1.165) is 19.3 Å². The molecule has 56 valence electrons. The Kier molecular flexibility index (Phi) is 18.4. The average molecular weight is 137 g/mol. The Morgan fingerprint density at radius 1 is 1.40 bits per heavy atom. The zero-order valence-electron chi connectivity index (χ0n) is 6.64. The van der Waals surface area contributed by atoms with Crippen LogP contribution in [0.4, 0.5) is 0 Å². The van der Waals surface area contributed by atoms with Crippen LogP contribution in [-0.2, 0) is 0 Å². The lowest BCUT2D eigenvalue weighted by atomic mass is 10.3. The fourth-order valence-electron chi connectivity index (χ4n) is 0.256. The molecule has 0 rings (SSSR count). The van der Waals surface area contributed by atoms with Crippen molar-refractivity contribution in [1.29, 1.82) is 5.26 Å². The normalized spacial score (nSPS) is 6.40. The van der Waals surface area contributed by atoms with Crippen LogP contribution in [0.3, 0.4) is 0 Å².